The Balaban J connectivity index is 1.49. The van der Waals surface area contributed by atoms with Crippen molar-refractivity contribution in [1.29, 1.82) is 0 Å². The first kappa shape index (κ1) is 21.4. The largest absolute Gasteiger partial charge is 0.393 e. The van der Waals surface area contributed by atoms with Gasteiger partial charge in [-0.15, -0.1) is 0 Å². The van der Waals surface area contributed by atoms with Gasteiger partial charge in [-0.2, -0.15) is 0 Å². The van der Waals surface area contributed by atoms with Gasteiger partial charge in [0.1, 0.15) is 5.82 Å². The molecule has 30 heavy (non-hydrogen) atoms. The minimum absolute atomic E-state index is 0.171. The second kappa shape index (κ2) is 8.00. The average Bonchev–Trinajstić information content (AvgIpc) is 2.97. The molecule has 1 aromatic carbocycles. The zero-order valence-electron chi connectivity index (χ0n) is 17.3. The maximum Gasteiger partial charge on any atom is 0.230 e. The van der Waals surface area contributed by atoms with Crippen LogP contribution in [0.25, 0.3) is 0 Å². The Morgan fingerprint density at radius 1 is 1.17 bits per heavy atom. The highest BCUT2D eigenvalue weighted by molar-refractivity contribution is 7.92. The number of halogens is 1. The minimum Gasteiger partial charge on any atom is -0.393 e. The summed E-state index contributed by atoms with van der Waals surface area (Å²) in [6.45, 7) is 1.88. The summed E-state index contributed by atoms with van der Waals surface area (Å²) in [7, 11) is -3.47. The van der Waals surface area contributed by atoms with Crippen LogP contribution in [-0.2, 0) is 14.8 Å². The van der Waals surface area contributed by atoms with Crippen LogP contribution < -0.4 is 9.62 Å². The van der Waals surface area contributed by atoms with Crippen LogP contribution >= 0.6 is 0 Å². The number of likely N-dealkylation sites (tertiary alicyclic amines) is 1. The molecule has 166 valence electrons. The monoisotopic (exact) mass is 439 g/mol. The second-order valence-electron chi connectivity index (χ2n) is 9.06. The molecule has 1 amide bonds. The van der Waals surface area contributed by atoms with Crippen LogP contribution in [0, 0.1) is 11.2 Å². The Morgan fingerprint density at radius 3 is 2.57 bits per heavy atom. The van der Waals surface area contributed by atoms with E-state index < -0.39 is 21.3 Å². The van der Waals surface area contributed by atoms with E-state index in [9.17, 15) is 22.7 Å². The molecule has 9 heteroatoms. The third kappa shape index (κ3) is 4.27. The number of aliphatic hydroxyl groups excluding tert-OH is 1. The summed E-state index contributed by atoms with van der Waals surface area (Å²) >= 11 is 0. The van der Waals surface area contributed by atoms with Crippen molar-refractivity contribution in [1.82, 2.24) is 4.90 Å². The number of aliphatic hydroxyl groups is 1. The second-order valence-corrected chi connectivity index (χ2v) is 10.8. The van der Waals surface area contributed by atoms with E-state index in [2.05, 4.69) is 4.72 Å². The third-order valence-corrected chi connectivity index (χ3v) is 7.43. The summed E-state index contributed by atoms with van der Waals surface area (Å²) in [5.41, 5.74) is 0.109. The molecule has 2 N–H and O–H groups in total. The Kier molecular flexibility index (Phi) is 5.69. The van der Waals surface area contributed by atoms with Crippen LogP contribution in [0.1, 0.15) is 44.9 Å². The molecule has 1 aliphatic carbocycles. The van der Waals surface area contributed by atoms with E-state index in [0.29, 0.717) is 18.8 Å². The van der Waals surface area contributed by atoms with Gasteiger partial charge in [0.15, 0.2) is 0 Å². The molecule has 1 spiro atoms. The Hall–Kier alpha value is -1.87. The van der Waals surface area contributed by atoms with Crippen molar-refractivity contribution in [2.24, 2.45) is 5.41 Å². The molecule has 0 aromatic heterocycles. The number of anilines is 2. The summed E-state index contributed by atoms with van der Waals surface area (Å²) in [5, 5.41) is 9.76. The number of rotatable bonds is 4. The van der Waals surface area contributed by atoms with Gasteiger partial charge in [0.25, 0.3) is 0 Å². The number of amides is 1. The lowest BCUT2D eigenvalue weighted by atomic mass is 9.78. The van der Waals surface area contributed by atoms with Crippen molar-refractivity contribution in [3.8, 4) is 0 Å². The molecule has 2 heterocycles. The van der Waals surface area contributed by atoms with Crippen molar-refractivity contribution in [2.45, 2.75) is 57.1 Å². The maximum absolute atomic E-state index is 14.8. The fourth-order valence-electron chi connectivity index (χ4n) is 5.32. The van der Waals surface area contributed by atoms with Gasteiger partial charge < -0.3 is 14.9 Å². The van der Waals surface area contributed by atoms with E-state index in [4.69, 9.17) is 0 Å². The number of nitrogens with zero attached hydrogens (tertiary/aromatic N) is 2. The van der Waals surface area contributed by atoms with Crippen LogP contribution in [0.15, 0.2) is 18.2 Å². The quantitative estimate of drug-likeness (QED) is 0.752. The van der Waals surface area contributed by atoms with Crippen LogP contribution in [0.5, 0.6) is 0 Å². The number of benzene rings is 1. The van der Waals surface area contributed by atoms with Gasteiger partial charge in [0.2, 0.25) is 15.9 Å². The number of piperidine rings is 1. The molecule has 7 nitrogen and oxygen atoms in total. The van der Waals surface area contributed by atoms with Crippen LogP contribution in [0.3, 0.4) is 0 Å². The molecule has 1 atom stereocenters. The van der Waals surface area contributed by atoms with E-state index in [0.717, 1.165) is 57.7 Å². The standard InChI is InChI=1S/C21H30FN3O4S/c1-30(28,29)23-15-3-8-19(18(22)13-15)24-11-2-9-21(14-24)10-12-25(20(21)27)16-4-6-17(26)7-5-16/h3,8,13,16-17,23,26H,2,4-7,9-12,14H2,1H3/t16-,17-,21-/m0/s1. The van der Waals surface area contributed by atoms with Crippen molar-refractivity contribution >= 4 is 27.3 Å². The number of hydrogen-bond donors (Lipinski definition) is 2. The Labute approximate surface area is 177 Å². The zero-order valence-corrected chi connectivity index (χ0v) is 18.1. The van der Waals surface area contributed by atoms with Gasteiger partial charge in [0, 0.05) is 31.7 Å². The van der Waals surface area contributed by atoms with E-state index in [1.807, 2.05) is 9.80 Å². The van der Waals surface area contributed by atoms with Crippen molar-refractivity contribution in [2.75, 3.05) is 35.5 Å². The average molecular weight is 440 g/mol. The molecular formula is C21H30FN3O4S. The molecule has 3 fully saturated rings. The van der Waals surface area contributed by atoms with Gasteiger partial charge >= 0.3 is 0 Å². The lowest BCUT2D eigenvalue weighted by Gasteiger charge is -2.41. The topological polar surface area (TPSA) is 90.0 Å². The fraction of sp³-hybridized carbons (Fsp3) is 0.667. The molecular weight excluding hydrogens is 409 g/mol. The van der Waals surface area contributed by atoms with Gasteiger partial charge in [-0.3, -0.25) is 9.52 Å². The smallest absolute Gasteiger partial charge is 0.230 e. The fourth-order valence-corrected chi connectivity index (χ4v) is 5.88. The number of carbonyl (C=O) groups excluding carboxylic acids is 1. The highest BCUT2D eigenvalue weighted by Gasteiger charge is 2.50. The lowest BCUT2D eigenvalue weighted by molar-refractivity contribution is -0.139. The number of hydrogen-bond acceptors (Lipinski definition) is 5. The van der Waals surface area contributed by atoms with Gasteiger partial charge in [0.05, 0.1) is 29.1 Å². The van der Waals surface area contributed by atoms with Crippen molar-refractivity contribution in [3.05, 3.63) is 24.0 Å². The molecule has 0 radical (unpaired) electrons. The molecule has 0 unspecified atom stereocenters. The Bertz CT molecular complexity index is 917. The van der Waals surface area contributed by atoms with Crippen LogP contribution in [0.4, 0.5) is 15.8 Å². The molecule has 0 bridgehead atoms. The summed E-state index contributed by atoms with van der Waals surface area (Å²) < 4.78 is 39.8. The van der Waals surface area contributed by atoms with Crippen molar-refractivity contribution in [3.63, 3.8) is 0 Å². The Morgan fingerprint density at radius 2 is 1.90 bits per heavy atom. The first-order valence-electron chi connectivity index (χ1n) is 10.7. The zero-order chi connectivity index (χ0) is 21.5. The SMILES string of the molecule is CS(=O)(=O)Nc1ccc(N2CCC[C@]3(CCN([C@H]4CC[C@H](O)CC4)C3=O)C2)c(F)c1. The third-order valence-electron chi connectivity index (χ3n) is 6.82. The number of nitrogens with one attached hydrogen (secondary N) is 1. The molecule has 3 aliphatic rings. The lowest BCUT2D eigenvalue weighted by Crippen LogP contribution is -2.50. The first-order valence-corrected chi connectivity index (χ1v) is 12.6. The molecule has 1 aromatic rings. The number of carbonyl (C=O) groups is 1. The highest BCUT2D eigenvalue weighted by atomic mass is 32.2. The normalized spacial score (nSPS) is 30.2. The maximum atomic E-state index is 14.8. The first-order chi connectivity index (χ1) is 14.2. The predicted octanol–water partition coefficient (Wildman–Crippen LogP) is 2.32. The highest BCUT2D eigenvalue weighted by Crippen LogP contribution is 2.43. The summed E-state index contributed by atoms with van der Waals surface area (Å²) in [4.78, 5) is 17.3. The van der Waals surface area contributed by atoms with Gasteiger partial charge in [-0.25, -0.2) is 12.8 Å². The molecule has 4 rings (SSSR count). The molecule has 1 saturated carbocycles. The van der Waals surface area contributed by atoms with Crippen LogP contribution in [0.2, 0.25) is 0 Å². The van der Waals surface area contributed by atoms with Crippen molar-refractivity contribution < 1.29 is 22.7 Å². The van der Waals surface area contributed by atoms with E-state index >= 15 is 0 Å². The van der Waals surface area contributed by atoms with E-state index in [1.54, 1.807) is 12.1 Å². The minimum atomic E-state index is -3.47. The predicted molar refractivity (Wildman–Crippen MR) is 113 cm³/mol. The molecule has 2 saturated heterocycles. The number of sulfonamides is 1. The summed E-state index contributed by atoms with van der Waals surface area (Å²) in [6.07, 6.45) is 6.34. The van der Waals surface area contributed by atoms with Gasteiger partial charge in [-0.05, 0) is 57.1 Å². The van der Waals surface area contributed by atoms with Gasteiger partial charge in [-0.1, -0.05) is 0 Å². The summed E-state index contributed by atoms with van der Waals surface area (Å²) in [6, 6.07) is 4.53. The molecule has 2 aliphatic heterocycles. The van der Waals surface area contributed by atoms with Crippen LogP contribution in [-0.4, -0.2) is 62.4 Å². The van der Waals surface area contributed by atoms with E-state index in [-0.39, 0.29) is 23.7 Å². The van der Waals surface area contributed by atoms with E-state index in [1.165, 1.54) is 6.07 Å². The summed E-state index contributed by atoms with van der Waals surface area (Å²) in [5.74, 6) is -0.325.